The topological polar surface area (TPSA) is 69.0 Å². The van der Waals surface area contributed by atoms with Crippen LogP contribution >= 0.6 is 11.8 Å². The van der Waals surface area contributed by atoms with E-state index in [0.29, 0.717) is 18.4 Å². The van der Waals surface area contributed by atoms with Crippen molar-refractivity contribution in [2.24, 2.45) is 7.05 Å². The summed E-state index contributed by atoms with van der Waals surface area (Å²) in [4.78, 5) is 11.7. The number of ether oxygens (including phenoxy) is 1. The van der Waals surface area contributed by atoms with Gasteiger partial charge in [-0.25, -0.2) is 0 Å². The van der Waals surface area contributed by atoms with Crippen LogP contribution in [0.15, 0.2) is 29.4 Å². The Labute approximate surface area is 139 Å². The third-order valence-corrected chi connectivity index (χ3v) is 4.61. The third kappa shape index (κ3) is 4.48. The lowest BCUT2D eigenvalue weighted by Crippen LogP contribution is -2.27. The second-order valence-corrected chi connectivity index (χ2v) is 6.63. The lowest BCUT2D eigenvalue weighted by Gasteiger charge is -2.07. The fraction of sp³-hybridized carbons (Fsp3) is 0.438. The number of amides is 1. The van der Waals surface area contributed by atoms with E-state index in [0.717, 1.165) is 29.6 Å². The van der Waals surface area contributed by atoms with Gasteiger partial charge in [0.15, 0.2) is 11.0 Å². The smallest absolute Gasteiger partial charge is 0.230 e. The van der Waals surface area contributed by atoms with Gasteiger partial charge in [-0.05, 0) is 31.9 Å². The van der Waals surface area contributed by atoms with Crippen molar-refractivity contribution in [1.82, 2.24) is 20.1 Å². The van der Waals surface area contributed by atoms with Crippen molar-refractivity contribution in [1.29, 1.82) is 0 Å². The van der Waals surface area contributed by atoms with Crippen molar-refractivity contribution < 1.29 is 9.53 Å². The Morgan fingerprint density at radius 1 is 1.35 bits per heavy atom. The van der Waals surface area contributed by atoms with Gasteiger partial charge in [0, 0.05) is 13.1 Å². The highest BCUT2D eigenvalue weighted by Gasteiger charge is 2.23. The quantitative estimate of drug-likeness (QED) is 0.786. The monoisotopic (exact) mass is 332 g/mol. The average Bonchev–Trinajstić information content (AvgIpc) is 3.28. The van der Waals surface area contributed by atoms with Crippen LogP contribution < -0.4 is 10.1 Å². The molecule has 0 bridgehead atoms. The first kappa shape index (κ1) is 15.9. The SMILES string of the molecule is Cc1ccc(OCc2nnc(SCC(=O)NC3CC3)n2C)cc1. The van der Waals surface area contributed by atoms with Crippen LogP contribution in [0.25, 0.3) is 0 Å². The van der Waals surface area contributed by atoms with Crippen molar-refractivity contribution >= 4 is 17.7 Å². The summed E-state index contributed by atoms with van der Waals surface area (Å²) >= 11 is 1.39. The molecule has 2 aromatic rings. The normalized spacial score (nSPS) is 13.8. The number of thioether (sulfide) groups is 1. The highest BCUT2D eigenvalue weighted by molar-refractivity contribution is 7.99. The molecule has 0 radical (unpaired) electrons. The first-order valence-corrected chi connectivity index (χ1v) is 8.60. The summed E-state index contributed by atoms with van der Waals surface area (Å²) in [7, 11) is 1.88. The van der Waals surface area contributed by atoms with Gasteiger partial charge in [-0.15, -0.1) is 10.2 Å². The molecular formula is C16H20N4O2S. The molecule has 1 aliphatic carbocycles. The minimum Gasteiger partial charge on any atom is -0.486 e. The van der Waals surface area contributed by atoms with E-state index in [9.17, 15) is 4.79 Å². The average molecular weight is 332 g/mol. The largest absolute Gasteiger partial charge is 0.486 e. The van der Waals surface area contributed by atoms with Crippen molar-refractivity contribution in [2.75, 3.05) is 5.75 Å². The highest BCUT2D eigenvalue weighted by Crippen LogP contribution is 2.20. The van der Waals surface area contributed by atoms with Crippen molar-refractivity contribution in [3.8, 4) is 5.75 Å². The van der Waals surface area contributed by atoms with Crippen molar-refractivity contribution in [3.63, 3.8) is 0 Å². The van der Waals surface area contributed by atoms with Gasteiger partial charge in [0.2, 0.25) is 5.91 Å². The number of nitrogens with one attached hydrogen (secondary N) is 1. The van der Waals surface area contributed by atoms with Crippen LogP contribution in [0.4, 0.5) is 0 Å². The van der Waals surface area contributed by atoms with Crippen LogP contribution in [-0.2, 0) is 18.4 Å². The van der Waals surface area contributed by atoms with E-state index in [2.05, 4.69) is 15.5 Å². The fourth-order valence-electron chi connectivity index (χ4n) is 2.01. The predicted molar refractivity (Wildman–Crippen MR) is 88.4 cm³/mol. The number of aryl methyl sites for hydroxylation is 1. The van der Waals surface area contributed by atoms with Crippen LogP contribution in [0.3, 0.4) is 0 Å². The molecule has 122 valence electrons. The standard InChI is InChI=1S/C16H20N4O2S/c1-11-3-7-13(8-4-11)22-9-14-18-19-16(20(14)2)23-10-15(21)17-12-5-6-12/h3-4,7-8,12H,5-6,9-10H2,1-2H3,(H,17,21). The molecule has 0 aliphatic heterocycles. The zero-order chi connectivity index (χ0) is 16.2. The molecule has 3 rings (SSSR count). The van der Waals surface area contributed by atoms with E-state index in [1.54, 1.807) is 0 Å². The Kier molecular flexibility index (Phi) is 4.85. The molecule has 0 spiro atoms. The molecule has 23 heavy (non-hydrogen) atoms. The zero-order valence-electron chi connectivity index (χ0n) is 13.3. The molecule has 0 unspecified atom stereocenters. The van der Waals surface area contributed by atoms with E-state index in [4.69, 9.17) is 4.74 Å². The molecule has 1 aliphatic rings. The molecule has 0 atom stereocenters. The number of aromatic nitrogens is 3. The summed E-state index contributed by atoms with van der Waals surface area (Å²) in [6.45, 7) is 2.39. The van der Waals surface area contributed by atoms with Gasteiger partial charge < -0.3 is 14.6 Å². The molecule has 6 nitrogen and oxygen atoms in total. The molecular weight excluding hydrogens is 312 g/mol. The molecule has 1 aromatic heterocycles. The maximum absolute atomic E-state index is 11.7. The Morgan fingerprint density at radius 3 is 2.78 bits per heavy atom. The van der Waals surface area contributed by atoms with Crippen LogP contribution in [0.2, 0.25) is 0 Å². The van der Waals surface area contributed by atoms with E-state index < -0.39 is 0 Å². The lowest BCUT2D eigenvalue weighted by molar-refractivity contribution is -0.118. The van der Waals surface area contributed by atoms with Gasteiger partial charge in [0.25, 0.3) is 0 Å². The van der Waals surface area contributed by atoms with Crippen molar-refractivity contribution in [3.05, 3.63) is 35.7 Å². The molecule has 7 heteroatoms. The van der Waals surface area contributed by atoms with Gasteiger partial charge in [-0.2, -0.15) is 0 Å². The van der Waals surface area contributed by atoms with Gasteiger partial charge in [0.05, 0.1) is 5.75 Å². The molecule has 1 fully saturated rings. The number of nitrogens with zero attached hydrogens (tertiary/aromatic N) is 3. The first-order chi connectivity index (χ1) is 11.1. The lowest BCUT2D eigenvalue weighted by atomic mass is 10.2. The Balaban J connectivity index is 1.51. The van der Waals surface area contributed by atoms with E-state index >= 15 is 0 Å². The van der Waals surface area contributed by atoms with E-state index in [-0.39, 0.29) is 5.91 Å². The number of benzene rings is 1. The number of rotatable bonds is 7. The summed E-state index contributed by atoms with van der Waals surface area (Å²) in [6.07, 6.45) is 2.20. The number of carbonyl (C=O) groups is 1. The van der Waals surface area contributed by atoms with Crippen LogP contribution in [0.5, 0.6) is 5.75 Å². The molecule has 1 heterocycles. The van der Waals surface area contributed by atoms with E-state index in [1.165, 1.54) is 17.3 Å². The Hall–Kier alpha value is -2.02. The highest BCUT2D eigenvalue weighted by atomic mass is 32.2. The van der Waals surface area contributed by atoms with Gasteiger partial charge in [0.1, 0.15) is 12.4 Å². The molecule has 1 N–H and O–H groups in total. The summed E-state index contributed by atoms with van der Waals surface area (Å²) in [5.41, 5.74) is 1.19. The second kappa shape index (κ2) is 7.04. The minimum atomic E-state index is 0.0537. The van der Waals surface area contributed by atoms with Crippen LogP contribution in [0.1, 0.15) is 24.2 Å². The van der Waals surface area contributed by atoms with Crippen LogP contribution in [-0.4, -0.2) is 32.5 Å². The molecule has 1 aromatic carbocycles. The molecule has 1 amide bonds. The Morgan fingerprint density at radius 2 is 2.09 bits per heavy atom. The second-order valence-electron chi connectivity index (χ2n) is 5.69. The number of hydrogen-bond acceptors (Lipinski definition) is 5. The van der Waals surface area contributed by atoms with Gasteiger partial charge in [-0.3, -0.25) is 4.79 Å². The maximum Gasteiger partial charge on any atom is 0.230 e. The maximum atomic E-state index is 11.7. The van der Waals surface area contributed by atoms with Gasteiger partial charge >= 0.3 is 0 Å². The number of carbonyl (C=O) groups excluding carboxylic acids is 1. The number of hydrogen-bond donors (Lipinski definition) is 1. The van der Waals surface area contributed by atoms with Crippen molar-refractivity contribution in [2.45, 2.75) is 37.6 Å². The third-order valence-electron chi connectivity index (χ3n) is 3.59. The summed E-state index contributed by atoms with van der Waals surface area (Å²) in [6, 6.07) is 8.27. The zero-order valence-corrected chi connectivity index (χ0v) is 14.1. The predicted octanol–water partition coefficient (Wildman–Crippen LogP) is 2.07. The van der Waals surface area contributed by atoms with Gasteiger partial charge in [-0.1, -0.05) is 29.5 Å². The molecule has 0 saturated heterocycles. The summed E-state index contributed by atoms with van der Waals surface area (Å²) < 4.78 is 7.58. The molecule has 1 saturated carbocycles. The first-order valence-electron chi connectivity index (χ1n) is 7.62. The minimum absolute atomic E-state index is 0.0537. The summed E-state index contributed by atoms with van der Waals surface area (Å²) in [5, 5.41) is 11.9. The fourth-order valence-corrected chi connectivity index (χ4v) is 2.75. The Bertz CT molecular complexity index is 680. The van der Waals surface area contributed by atoms with Crippen LogP contribution in [0, 0.1) is 6.92 Å². The van der Waals surface area contributed by atoms with E-state index in [1.807, 2.05) is 42.8 Å². The summed E-state index contributed by atoms with van der Waals surface area (Å²) in [5.74, 6) is 1.95.